The van der Waals surface area contributed by atoms with Crippen LogP contribution in [0.15, 0.2) is 55.0 Å². The monoisotopic (exact) mass is 222 g/mol. The number of rotatable bonds is 2. The van der Waals surface area contributed by atoms with Gasteiger partial charge in [0, 0.05) is 40.6 Å². The van der Waals surface area contributed by atoms with E-state index in [0.29, 0.717) is 11.1 Å². The maximum absolute atomic E-state index is 12.3. The second-order valence-corrected chi connectivity index (χ2v) is 3.81. The van der Waals surface area contributed by atoms with E-state index in [2.05, 4.69) is 9.97 Å². The quantitative estimate of drug-likeness (QED) is 0.677. The summed E-state index contributed by atoms with van der Waals surface area (Å²) < 4.78 is 0. The molecule has 0 radical (unpaired) electrons. The summed E-state index contributed by atoms with van der Waals surface area (Å²) in [5, 5.41) is 0.953. The van der Waals surface area contributed by atoms with Crippen LogP contribution in [0, 0.1) is 0 Å². The molecule has 0 saturated heterocycles. The van der Waals surface area contributed by atoms with Crippen LogP contribution in [0.25, 0.3) is 10.9 Å². The third-order valence-corrected chi connectivity index (χ3v) is 2.78. The highest BCUT2D eigenvalue weighted by atomic mass is 16.1. The van der Waals surface area contributed by atoms with E-state index in [1.165, 1.54) is 0 Å². The molecule has 0 spiro atoms. The van der Waals surface area contributed by atoms with Crippen LogP contribution in [-0.2, 0) is 0 Å². The first-order chi connectivity index (χ1) is 8.36. The number of para-hydroxylation sites is 1. The van der Waals surface area contributed by atoms with Crippen molar-refractivity contribution in [1.29, 1.82) is 0 Å². The van der Waals surface area contributed by atoms with Gasteiger partial charge in [-0.1, -0.05) is 18.2 Å². The number of H-pyrrole nitrogens is 1. The summed E-state index contributed by atoms with van der Waals surface area (Å²) >= 11 is 0. The number of hydrogen-bond acceptors (Lipinski definition) is 2. The van der Waals surface area contributed by atoms with Gasteiger partial charge >= 0.3 is 0 Å². The van der Waals surface area contributed by atoms with Gasteiger partial charge in [-0.3, -0.25) is 9.78 Å². The summed E-state index contributed by atoms with van der Waals surface area (Å²) in [6.07, 6.45) is 5.01. The number of pyridine rings is 1. The van der Waals surface area contributed by atoms with E-state index in [0.717, 1.165) is 10.9 Å². The predicted molar refractivity (Wildman–Crippen MR) is 66.0 cm³/mol. The Hall–Kier alpha value is -2.42. The fourth-order valence-corrected chi connectivity index (χ4v) is 1.92. The average Bonchev–Trinajstić information content (AvgIpc) is 2.83. The van der Waals surface area contributed by atoms with Crippen molar-refractivity contribution < 1.29 is 4.79 Å². The van der Waals surface area contributed by atoms with Crippen molar-refractivity contribution in [2.24, 2.45) is 0 Å². The lowest BCUT2D eigenvalue weighted by Gasteiger charge is -1.98. The van der Waals surface area contributed by atoms with E-state index in [9.17, 15) is 4.79 Å². The molecule has 3 aromatic rings. The van der Waals surface area contributed by atoms with Crippen molar-refractivity contribution in [3.63, 3.8) is 0 Å². The fourth-order valence-electron chi connectivity index (χ4n) is 1.92. The summed E-state index contributed by atoms with van der Waals surface area (Å²) in [5.41, 5.74) is 2.33. The van der Waals surface area contributed by atoms with Crippen LogP contribution < -0.4 is 0 Å². The van der Waals surface area contributed by atoms with Crippen molar-refractivity contribution in [1.82, 2.24) is 9.97 Å². The Morgan fingerprint density at radius 2 is 1.82 bits per heavy atom. The molecule has 0 saturated carbocycles. The van der Waals surface area contributed by atoms with E-state index < -0.39 is 0 Å². The third-order valence-electron chi connectivity index (χ3n) is 2.78. The average molecular weight is 222 g/mol. The SMILES string of the molecule is O=C(c1ccncc1)c1c[nH]c2ccccc12. The fraction of sp³-hybridized carbons (Fsp3) is 0. The largest absolute Gasteiger partial charge is 0.360 e. The first-order valence-electron chi connectivity index (χ1n) is 5.37. The van der Waals surface area contributed by atoms with Crippen LogP contribution >= 0.6 is 0 Å². The maximum atomic E-state index is 12.3. The molecule has 1 N–H and O–H groups in total. The Bertz CT molecular complexity index is 671. The Balaban J connectivity index is 2.14. The number of ketones is 1. The number of benzene rings is 1. The van der Waals surface area contributed by atoms with E-state index in [-0.39, 0.29) is 5.78 Å². The van der Waals surface area contributed by atoms with E-state index in [4.69, 9.17) is 0 Å². The Labute approximate surface area is 98.1 Å². The highest BCUT2D eigenvalue weighted by molar-refractivity contribution is 6.16. The molecule has 0 amide bonds. The molecule has 2 aromatic heterocycles. The van der Waals surface area contributed by atoms with Crippen LogP contribution in [0.1, 0.15) is 15.9 Å². The molecule has 0 atom stereocenters. The number of fused-ring (bicyclic) bond motifs is 1. The Kier molecular flexibility index (Phi) is 2.22. The third kappa shape index (κ3) is 1.61. The zero-order valence-electron chi connectivity index (χ0n) is 9.05. The lowest BCUT2D eigenvalue weighted by molar-refractivity contribution is 0.104. The van der Waals surface area contributed by atoms with Crippen molar-refractivity contribution >= 4 is 16.7 Å². The Morgan fingerprint density at radius 3 is 2.65 bits per heavy atom. The lowest BCUT2D eigenvalue weighted by Crippen LogP contribution is -1.99. The van der Waals surface area contributed by atoms with Gasteiger partial charge in [0.05, 0.1) is 0 Å². The molecule has 3 rings (SSSR count). The van der Waals surface area contributed by atoms with Crippen molar-refractivity contribution in [2.45, 2.75) is 0 Å². The van der Waals surface area contributed by atoms with Gasteiger partial charge in [0.1, 0.15) is 0 Å². The van der Waals surface area contributed by atoms with Gasteiger partial charge in [0.2, 0.25) is 0 Å². The van der Waals surface area contributed by atoms with E-state index in [1.807, 2.05) is 24.3 Å². The van der Waals surface area contributed by atoms with Gasteiger partial charge < -0.3 is 4.98 Å². The first kappa shape index (κ1) is 9.78. The van der Waals surface area contributed by atoms with Gasteiger partial charge in [-0.05, 0) is 18.2 Å². The van der Waals surface area contributed by atoms with Crippen LogP contribution in [0.4, 0.5) is 0 Å². The number of nitrogens with one attached hydrogen (secondary N) is 1. The number of aromatic nitrogens is 2. The van der Waals surface area contributed by atoms with Gasteiger partial charge in [0.25, 0.3) is 0 Å². The lowest BCUT2D eigenvalue weighted by atomic mass is 10.0. The zero-order valence-corrected chi connectivity index (χ0v) is 9.05. The molecule has 82 valence electrons. The molecule has 0 bridgehead atoms. The predicted octanol–water partition coefficient (Wildman–Crippen LogP) is 2.79. The van der Waals surface area contributed by atoms with Gasteiger partial charge in [-0.15, -0.1) is 0 Å². The minimum Gasteiger partial charge on any atom is -0.360 e. The van der Waals surface area contributed by atoms with Gasteiger partial charge in [0.15, 0.2) is 5.78 Å². The van der Waals surface area contributed by atoms with E-state index >= 15 is 0 Å². The highest BCUT2D eigenvalue weighted by Crippen LogP contribution is 2.20. The number of carbonyl (C=O) groups excluding carboxylic acids is 1. The minimum atomic E-state index is 0.0184. The molecule has 0 fully saturated rings. The summed E-state index contributed by atoms with van der Waals surface area (Å²) in [6.45, 7) is 0. The van der Waals surface area contributed by atoms with Gasteiger partial charge in [-0.25, -0.2) is 0 Å². The second-order valence-electron chi connectivity index (χ2n) is 3.81. The molecule has 0 aliphatic rings. The molecule has 2 heterocycles. The molecular weight excluding hydrogens is 212 g/mol. The Morgan fingerprint density at radius 1 is 1.06 bits per heavy atom. The molecule has 0 aliphatic heterocycles. The molecule has 0 aliphatic carbocycles. The standard InChI is InChI=1S/C14H10N2O/c17-14(10-5-7-15-8-6-10)12-9-16-13-4-2-1-3-11(12)13/h1-9,16H. The van der Waals surface area contributed by atoms with Crippen molar-refractivity contribution in [2.75, 3.05) is 0 Å². The maximum Gasteiger partial charge on any atom is 0.195 e. The van der Waals surface area contributed by atoms with E-state index in [1.54, 1.807) is 30.7 Å². The summed E-state index contributed by atoms with van der Waals surface area (Å²) in [5.74, 6) is 0.0184. The van der Waals surface area contributed by atoms with Crippen molar-refractivity contribution in [3.05, 3.63) is 66.1 Å². The molecule has 0 unspecified atom stereocenters. The van der Waals surface area contributed by atoms with Gasteiger partial charge in [-0.2, -0.15) is 0 Å². The topological polar surface area (TPSA) is 45.8 Å². The molecule has 3 nitrogen and oxygen atoms in total. The van der Waals surface area contributed by atoms with Crippen LogP contribution in [-0.4, -0.2) is 15.8 Å². The molecular formula is C14H10N2O. The summed E-state index contributed by atoms with van der Waals surface area (Å²) in [7, 11) is 0. The van der Waals surface area contributed by atoms with Crippen LogP contribution in [0.5, 0.6) is 0 Å². The zero-order chi connectivity index (χ0) is 11.7. The smallest absolute Gasteiger partial charge is 0.195 e. The first-order valence-corrected chi connectivity index (χ1v) is 5.37. The van der Waals surface area contributed by atoms with Crippen LogP contribution in [0.2, 0.25) is 0 Å². The number of carbonyl (C=O) groups is 1. The second kappa shape index (κ2) is 3.87. The molecule has 1 aromatic carbocycles. The normalized spacial score (nSPS) is 10.6. The minimum absolute atomic E-state index is 0.0184. The highest BCUT2D eigenvalue weighted by Gasteiger charge is 2.13. The molecule has 3 heteroatoms. The number of aromatic amines is 1. The summed E-state index contributed by atoms with van der Waals surface area (Å²) in [6, 6.07) is 11.2. The summed E-state index contributed by atoms with van der Waals surface area (Å²) in [4.78, 5) is 19.3. The number of hydrogen-bond donors (Lipinski definition) is 1. The van der Waals surface area contributed by atoms with Crippen LogP contribution in [0.3, 0.4) is 0 Å². The molecule has 17 heavy (non-hydrogen) atoms. The van der Waals surface area contributed by atoms with Crippen molar-refractivity contribution in [3.8, 4) is 0 Å². The number of nitrogens with zero attached hydrogens (tertiary/aromatic N) is 1.